The third kappa shape index (κ3) is 5.13. The van der Waals surface area contributed by atoms with Gasteiger partial charge in [-0.1, -0.05) is 24.3 Å². The van der Waals surface area contributed by atoms with E-state index in [1.807, 2.05) is 50.9 Å². The van der Waals surface area contributed by atoms with Crippen molar-refractivity contribution in [3.8, 4) is 0 Å². The van der Waals surface area contributed by atoms with Crippen LogP contribution in [0.5, 0.6) is 0 Å². The number of likely N-dealkylation sites (N-methyl/N-ethyl adjacent to an activating group) is 1. The summed E-state index contributed by atoms with van der Waals surface area (Å²) in [4.78, 5) is 25.3. The Morgan fingerprint density at radius 3 is 2.52 bits per heavy atom. The number of hydrogen-bond donors (Lipinski definition) is 1. The fraction of sp³-hybridized carbons (Fsp3) is 0.440. The van der Waals surface area contributed by atoms with Crippen molar-refractivity contribution in [3.63, 3.8) is 0 Å². The van der Waals surface area contributed by atoms with Gasteiger partial charge in [-0.3, -0.25) is 19.8 Å². The van der Waals surface area contributed by atoms with E-state index in [1.54, 1.807) is 6.07 Å². The standard InChI is InChI=1S/C21H23FN2O3.C4H8/c1-3-12-4-5-13-6-7-14(22)8-16(13)20-17(12)9-15(27-20)11-24(2)18-10-19(25)23-21(18)26;1-3-4-2/h3,6-8,15,18H,4-5,9-11H2,1-2H3,(H,23,25,26);3-4H,1-2H3/b12-3+;4-3-/t15-,18?;/m1./s1. The third-order valence-corrected chi connectivity index (χ3v) is 6.01. The Morgan fingerprint density at radius 1 is 1.16 bits per heavy atom. The van der Waals surface area contributed by atoms with Crippen LogP contribution in [0.25, 0.3) is 5.76 Å². The zero-order valence-electron chi connectivity index (χ0n) is 18.7. The molecule has 1 aliphatic carbocycles. The Bertz CT molecular complexity index is 944. The van der Waals surface area contributed by atoms with E-state index in [9.17, 15) is 14.0 Å². The number of nitrogens with one attached hydrogen (secondary N) is 1. The van der Waals surface area contributed by atoms with Crippen LogP contribution in [0.2, 0.25) is 0 Å². The van der Waals surface area contributed by atoms with Crippen molar-refractivity contribution in [2.45, 2.75) is 58.6 Å². The fourth-order valence-electron chi connectivity index (χ4n) is 4.27. The lowest BCUT2D eigenvalue weighted by Gasteiger charge is -2.25. The van der Waals surface area contributed by atoms with Crippen LogP contribution in [0, 0.1) is 5.82 Å². The Morgan fingerprint density at radius 2 is 1.90 bits per heavy atom. The Labute approximate surface area is 183 Å². The van der Waals surface area contributed by atoms with Gasteiger partial charge in [0, 0.05) is 24.1 Å². The number of imide groups is 1. The lowest BCUT2D eigenvalue weighted by atomic mass is 9.97. The highest BCUT2D eigenvalue weighted by Gasteiger charge is 2.37. The van der Waals surface area contributed by atoms with Gasteiger partial charge < -0.3 is 4.74 Å². The number of halogens is 1. The second-order valence-corrected chi connectivity index (χ2v) is 8.11. The normalized spacial score (nSPS) is 24.0. The zero-order chi connectivity index (χ0) is 22.5. The van der Waals surface area contributed by atoms with Gasteiger partial charge in [0.05, 0.1) is 12.5 Å². The second kappa shape index (κ2) is 10.1. The van der Waals surface area contributed by atoms with Gasteiger partial charge in [0.15, 0.2) is 0 Å². The molecular weight excluding hydrogens is 395 g/mol. The molecule has 1 unspecified atom stereocenters. The summed E-state index contributed by atoms with van der Waals surface area (Å²) in [7, 11) is 1.83. The van der Waals surface area contributed by atoms with Gasteiger partial charge in [-0.15, -0.1) is 0 Å². The van der Waals surface area contributed by atoms with Crippen molar-refractivity contribution in [3.05, 3.63) is 64.5 Å². The molecule has 2 aliphatic heterocycles. The highest BCUT2D eigenvalue weighted by Crippen LogP contribution is 2.42. The predicted octanol–water partition coefficient (Wildman–Crippen LogP) is 4.15. The Balaban J connectivity index is 0.000000628. The molecule has 6 heteroatoms. The number of nitrogens with zero attached hydrogens (tertiary/aromatic N) is 1. The Hall–Kier alpha value is -2.73. The van der Waals surface area contributed by atoms with Crippen molar-refractivity contribution in [2.75, 3.05) is 13.6 Å². The van der Waals surface area contributed by atoms with E-state index in [0.717, 1.165) is 41.7 Å². The molecule has 0 spiro atoms. The van der Waals surface area contributed by atoms with E-state index >= 15 is 0 Å². The second-order valence-electron chi connectivity index (χ2n) is 8.11. The summed E-state index contributed by atoms with van der Waals surface area (Å²) < 4.78 is 20.1. The van der Waals surface area contributed by atoms with Crippen molar-refractivity contribution in [1.29, 1.82) is 0 Å². The monoisotopic (exact) mass is 426 g/mol. The molecule has 31 heavy (non-hydrogen) atoms. The Kier molecular flexibility index (Phi) is 7.44. The van der Waals surface area contributed by atoms with Crippen molar-refractivity contribution < 1.29 is 18.7 Å². The smallest absolute Gasteiger partial charge is 0.244 e. The van der Waals surface area contributed by atoms with E-state index in [0.29, 0.717) is 6.54 Å². The van der Waals surface area contributed by atoms with E-state index in [1.165, 1.54) is 11.6 Å². The number of amides is 2. The summed E-state index contributed by atoms with van der Waals surface area (Å²) >= 11 is 0. The number of carbonyl (C=O) groups is 2. The molecule has 1 fully saturated rings. The van der Waals surface area contributed by atoms with Crippen LogP contribution in [0.4, 0.5) is 4.39 Å². The van der Waals surface area contributed by atoms with Gasteiger partial charge in [-0.05, 0) is 63.9 Å². The molecule has 1 N–H and O–H groups in total. The van der Waals surface area contributed by atoms with Crippen molar-refractivity contribution in [2.24, 2.45) is 0 Å². The first-order valence-electron chi connectivity index (χ1n) is 10.8. The van der Waals surface area contributed by atoms with Crippen LogP contribution in [0.15, 0.2) is 47.6 Å². The summed E-state index contributed by atoms with van der Waals surface area (Å²) in [5.41, 5.74) is 4.30. The molecule has 0 saturated carbocycles. The van der Waals surface area contributed by atoms with E-state index in [2.05, 4.69) is 11.4 Å². The molecule has 1 saturated heterocycles. The third-order valence-electron chi connectivity index (χ3n) is 6.01. The van der Waals surface area contributed by atoms with Crippen molar-refractivity contribution in [1.82, 2.24) is 10.2 Å². The number of rotatable bonds is 3. The topological polar surface area (TPSA) is 58.6 Å². The summed E-state index contributed by atoms with van der Waals surface area (Å²) in [5, 5.41) is 2.34. The molecule has 0 bridgehead atoms. The van der Waals surface area contributed by atoms with Crippen LogP contribution < -0.4 is 5.32 Å². The lowest BCUT2D eigenvalue weighted by molar-refractivity contribution is -0.126. The minimum absolute atomic E-state index is 0.132. The molecule has 5 nitrogen and oxygen atoms in total. The number of hydrogen-bond acceptors (Lipinski definition) is 4. The molecule has 2 atom stereocenters. The average Bonchev–Trinajstić information content (AvgIpc) is 3.28. The number of aryl methyl sites for hydroxylation is 1. The van der Waals surface area contributed by atoms with Crippen LogP contribution in [-0.4, -0.2) is 42.5 Å². The molecule has 0 radical (unpaired) electrons. The minimum Gasteiger partial charge on any atom is -0.488 e. The summed E-state index contributed by atoms with van der Waals surface area (Å²) in [6, 6.07) is 4.44. The maximum atomic E-state index is 13.9. The molecule has 2 heterocycles. The first-order chi connectivity index (χ1) is 14.9. The quantitative estimate of drug-likeness (QED) is 0.583. The van der Waals surface area contributed by atoms with Gasteiger partial charge in [0.1, 0.15) is 17.7 Å². The van der Waals surface area contributed by atoms with Crippen LogP contribution in [0.1, 0.15) is 51.2 Å². The summed E-state index contributed by atoms with van der Waals surface area (Å²) in [6.45, 7) is 6.55. The molecular formula is C25H31FN2O3. The van der Waals surface area contributed by atoms with E-state index in [-0.39, 0.29) is 30.2 Å². The minimum atomic E-state index is -0.451. The molecule has 4 rings (SSSR count). The molecule has 0 aromatic heterocycles. The summed E-state index contributed by atoms with van der Waals surface area (Å²) in [6.07, 6.45) is 8.64. The van der Waals surface area contributed by atoms with E-state index < -0.39 is 6.04 Å². The fourth-order valence-corrected chi connectivity index (χ4v) is 4.27. The predicted molar refractivity (Wildman–Crippen MR) is 120 cm³/mol. The SMILES string of the molecule is C/C=C1\CCc2ccc(F)cc2C2=C1C[C@H](CN(C)C1CC(=O)NC1=O)O2.C/C=C\C. The highest BCUT2D eigenvalue weighted by atomic mass is 19.1. The molecule has 1 aromatic rings. The highest BCUT2D eigenvalue weighted by molar-refractivity contribution is 6.05. The number of ether oxygens (including phenoxy) is 1. The number of carbonyl (C=O) groups excluding carboxylic acids is 2. The van der Waals surface area contributed by atoms with E-state index in [4.69, 9.17) is 4.74 Å². The van der Waals surface area contributed by atoms with Gasteiger partial charge in [-0.2, -0.15) is 0 Å². The largest absolute Gasteiger partial charge is 0.488 e. The summed E-state index contributed by atoms with van der Waals surface area (Å²) in [5.74, 6) is 0.00515. The molecule has 2 amide bonds. The van der Waals surface area contributed by atoms with Gasteiger partial charge in [-0.25, -0.2) is 4.39 Å². The van der Waals surface area contributed by atoms with Crippen LogP contribution >= 0.6 is 0 Å². The van der Waals surface area contributed by atoms with Gasteiger partial charge >= 0.3 is 0 Å². The van der Waals surface area contributed by atoms with Crippen LogP contribution in [0.3, 0.4) is 0 Å². The maximum Gasteiger partial charge on any atom is 0.244 e. The van der Waals surface area contributed by atoms with Gasteiger partial charge in [0.2, 0.25) is 11.8 Å². The molecule has 3 aliphatic rings. The number of allylic oxidation sites excluding steroid dienone is 4. The molecule has 1 aromatic carbocycles. The maximum absolute atomic E-state index is 13.9. The van der Waals surface area contributed by atoms with Crippen LogP contribution in [-0.2, 0) is 20.7 Å². The molecule has 166 valence electrons. The van der Waals surface area contributed by atoms with Crippen molar-refractivity contribution >= 4 is 17.6 Å². The average molecular weight is 427 g/mol. The number of benzene rings is 1. The zero-order valence-corrected chi connectivity index (χ0v) is 18.7. The van der Waals surface area contributed by atoms with Gasteiger partial charge in [0.25, 0.3) is 0 Å². The first-order valence-corrected chi connectivity index (χ1v) is 10.8. The number of fused-ring (bicyclic) bond motifs is 2. The lowest BCUT2D eigenvalue weighted by Crippen LogP contribution is -2.41. The first kappa shape index (κ1) is 22.9.